The number of ether oxygens (including phenoxy) is 1. The highest BCUT2D eigenvalue weighted by atomic mass is 32.2. The number of rotatable bonds is 9. The van der Waals surface area contributed by atoms with Gasteiger partial charge in [0.2, 0.25) is 10.0 Å². The van der Waals surface area contributed by atoms with Crippen molar-refractivity contribution in [2.24, 2.45) is 0 Å². The molecule has 2 rings (SSSR count). The summed E-state index contributed by atoms with van der Waals surface area (Å²) in [7, 11) is -3.76. The molecule has 1 aromatic rings. The molecular weight excluding hydrogens is 383 g/mol. The maximum atomic E-state index is 14.1. The van der Waals surface area contributed by atoms with Crippen molar-refractivity contribution in [3.8, 4) is 0 Å². The average Bonchev–Trinajstić information content (AvgIpc) is 2.95. The van der Waals surface area contributed by atoms with Gasteiger partial charge in [0, 0.05) is 19.6 Å². The Kier molecular flexibility index (Phi) is 8.85. The summed E-state index contributed by atoms with van der Waals surface area (Å²) in [6.45, 7) is 4.67. The summed E-state index contributed by atoms with van der Waals surface area (Å²) in [6.07, 6.45) is 7.09. The summed E-state index contributed by atoms with van der Waals surface area (Å²) in [5.41, 5.74) is -0.275. The van der Waals surface area contributed by atoms with Crippen molar-refractivity contribution in [3.05, 3.63) is 29.6 Å². The molecule has 1 aliphatic rings. The number of nitrogens with one attached hydrogen (secondary N) is 1. The van der Waals surface area contributed by atoms with Gasteiger partial charge in [-0.2, -0.15) is 4.31 Å². The van der Waals surface area contributed by atoms with Crippen molar-refractivity contribution in [1.82, 2.24) is 9.62 Å². The van der Waals surface area contributed by atoms with Crippen molar-refractivity contribution in [2.75, 3.05) is 26.2 Å². The molecule has 1 N–H and O–H groups in total. The van der Waals surface area contributed by atoms with Gasteiger partial charge in [0.15, 0.2) is 0 Å². The van der Waals surface area contributed by atoms with Crippen LogP contribution in [0, 0.1) is 5.82 Å². The molecule has 1 saturated carbocycles. The molecule has 8 heteroatoms. The second-order valence-corrected chi connectivity index (χ2v) is 8.91. The molecule has 6 nitrogen and oxygen atoms in total. The van der Waals surface area contributed by atoms with E-state index in [0.29, 0.717) is 19.7 Å². The lowest BCUT2D eigenvalue weighted by Crippen LogP contribution is -2.32. The monoisotopic (exact) mass is 414 g/mol. The van der Waals surface area contributed by atoms with Crippen molar-refractivity contribution < 1.29 is 22.3 Å². The van der Waals surface area contributed by atoms with Crippen molar-refractivity contribution >= 4 is 15.9 Å². The van der Waals surface area contributed by atoms with E-state index in [1.807, 2.05) is 0 Å². The molecule has 1 aliphatic carbocycles. The highest BCUT2D eigenvalue weighted by molar-refractivity contribution is 7.89. The van der Waals surface area contributed by atoms with Gasteiger partial charge in [-0.05, 0) is 31.0 Å². The van der Waals surface area contributed by atoms with Gasteiger partial charge in [-0.25, -0.2) is 12.8 Å². The van der Waals surface area contributed by atoms with E-state index in [4.69, 9.17) is 4.74 Å². The molecule has 0 spiro atoms. The van der Waals surface area contributed by atoms with E-state index in [0.717, 1.165) is 37.8 Å². The molecule has 1 aromatic carbocycles. The van der Waals surface area contributed by atoms with Crippen molar-refractivity contribution in [2.45, 2.75) is 63.4 Å². The summed E-state index contributed by atoms with van der Waals surface area (Å²) in [5.74, 6) is -1.39. The Labute approximate surface area is 167 Å². The summed E-state index contributed by atoms with van der Waals surface area (Å²) in [4.78, 5) is 12.3. The molecule has 0 radical (unpaired) electrons. The maximum absolute atomic E-state index is 14.1. The third-order valence-corrected chi connectivity index (χ3v) is 7.11. The summed E-state index contributed by atoms with van der Waals surface area (Å²) in [5, 5.41) is 2.62. The lowest BCUT2D eigenvalue weighted by molar-refractivity contribution is 0.0441. The molecule has 0 bridgehead atoms. The van der Waals surface area contributed by atoms with Crippen molar-refractivity contribution in [1.29, 1.82) is 0 Å². The minimum atomic E-state index is -3.76. The number of benzene rings is 1. The number of halogens is 1. The van der Waals surface area contributed by atoms with Crippen LogP contribution in [0.4, 0.5) is 4.39 Å². The summed E-state index contributed by atoms with van der Waals surface area (Å²) >= 11 is 0. The van der Waals surface area contributed by atoms with Crippen LogP contribution >= 0.6 is 0 Å². The van der Waals surface area contributed by atoms with Crippen LogP contribution in [0.5, 0.6) is 0 Å². The van der Waals surface area contributed by atoms with E-state index >= 15 is 0 Å². The van der Waals surface area contributed by atoms with Gasteiger partial charge in [0.05, 0.1) is 23.2 Å². The first-order valence-corrected chi connectivity index (χ1v) is 11.5. The minimum absolute atomic E-state index is 0.0857. The fraction of sp³-hybridized carbons (Fsp3) is 0.650. The molecule has 0 aliphatic heterocycles. The molecule has 0 unspecified atom stereocenters. The molecule has 0 atom stereocenters. The van der Waals surface area contributed by atoms with E-state index in [9.17, 15) is 17.6 Å². The molecule has 158 valence electrons. The van der Waals surface area contributed by atoms with Crippen LogP contribution in [0.3, 0.4) is 0 Å². The zero-order valence-corrected chi connectivity index (χ0v) is 17.6. The van der Waals surface area contributed by atoms with Crippen LogP contribution in [-0.4, -0.2) is 51.0 Å². The Hall–Kier alpha value is -1.51. The van der Waals surface area contributed by atoms with Crippen molar-refractivity contribution in [3.63, 3.8) is 0 Å². The van der Waals surface area contributed by atoms with Gasteiger partial charge in [0.25, 0.3) is 5.91 Å². The average molecular weight is 415 g/mol. The van der Waals surface area contributed by atoms with E-state index < -0.39 is 21.7 Å². The predicted octanol–water partition coefficient (Wildman–Crippen LogP) is 3.33. The standard InChI is InChI=1S/C20H31FN2O4S/c1-3-23(4-2)28(25,26)17-11-12-19(21)18(15-17)20(24)22-13-14-27-16-9-7-5-6-8-10-16/h11-12,15-16H,3-10,13-14H2,1-2H3,(H,22,24). The van der Waals surface area contributed by atoms with E-state index in [2.05, 4.69) is 5.32 Å². The van der Waals surface area contributed by atoms with E-state index in [1.165, 1.54) is 23.2 Å². The van der Waals surface area contributed by atoms with Gasteiger partial charge >= 0.3 is 0 Å². The van der Waals surface area contributed by atoms with Gasteiger partial charge in [-0.1, -0.05) is 39.5 Å². The highest BCUT2D eigenvalue weighted by Crippen LogP contribution is 2.20. The zero-order valence-electron chi connectivity index (χ0n) is 16.7. The Morgan fingerprint density at radius 2 is 1.82 bits per heavy atom. The first-order chi connectivity index (χ1) is 13.4. The molecule has 0 saturated heterocycles. The lowest BCUT2D eigenvalue weighted by atomic mass is 10.1. The van der Waals surface area contributed by atoms with E-state index in [1.54, 1.807) is 13.8 Å². The van der Waals surface area contributed by atoms with Gasteiger partial charge in [-0.3, -0.25) is 4.79 Å². The fourth-order valence-corrected chi connectivity index (χ4v) is 4.93. The Bertz CT molecular complexity index is 743. The maximum Gasteiger partial charge on any atom is 0.254 e. The highest BCUT2D eigenvalue weighted by Gasteiger charge is 2.24. The fourth-order valence-electron chi connectivity index (χ4n) is 3.45. The Morgan fingerprint density at radius 1 is 1.18 bits per heavy atom. The predicted molar refractivity (Wildman–Crippen MR) is 106 cm³/mol. The smallest absolute Gasteiger partial charge is 0.254 e. The van der Waals surface area contributed by atoms with Crippen LogP contribution in [-0.2, 0) is 14.8 Å². The van der Waals surface area contributed by atoms with Gasteiger partial charge in [-0.15, -0.1) is 0 Å². The number of sulfonamides is 1. The second-order valence-electron chi connectivity index (χ2n) is 6.97. The number of amides is 1. The molecule has 1 fully saturated rings. The third-order valence-electron chi connectivity index (χ3n) is 5.07. The van der Waals surface area contributed by atoms with E-state index in [-0.39, 0.29) is 23.1 Å². The first kappa shape index (κ1) is 22.8. The molecule has 0 heterocycles. The first-order valence-electron chi connectivity index (χ1n) is 10.1. The lowest BCUT2D eigenvalue weighted by Gasteiger charge is -2.19. The van der Waals surface area contributed by atoms with Crippen LogP contribution in [0.25, 0.3) is 0 Å². The summed E-state index contributed by atoms with van der Waals surface area (Å²) in [6, 6.07) is 3.31. The second kappa shape index (κ2) is 10.9. The minimum Gasteiger partial charge on any atom is -0.376 e. The Morgan fingerprint density at radius 3 is 2.43 bits per heavy atom. The number of hydrogen-bond donors (Lipinski definition) is 1. The Balaban J connectivity index is 1.97. The van der Waals surface area contributed by atoms with Gasteiger partial charge in [0.1, 0.15) is 5.82 Å². The quantitative estimate of drug-likeness (QED) is 0.497. The third kappa shape index (κ3) is 5.99. The topological polar surface area (TPSA) is 75.7 Å². The SMILES string of the molecule is CCN(CC)S(=O)(=O)c1ccc(F)c(C(=O)NCCOC2CCCCCC2)c1. The molecular formula is C20H31FN2O4S. The van der Waals surface area contributed by atoms with Crippen LogP contribution in [0.1, 0.15) is 62.7 Å². The summed E-state index contributed by atoms with van der Waals surface area (Å²) < 4.78 is 46.4. The van der Waals surface area contributed by atoms with Crippen LogP contribution in [0.15, 0.2) is 23.1 Å². The molecule has 1 amide bonds. The molecule has 0 aromatic heterocycles. The van der Waals surface area contributed by atoms with Crippen LogP contribution < -0.4 is 5.32 Å². The molecule has 28 heavy (non-hydrogen) atoms. The zero-order chi connectivity index (χ0) is 20.6. The number of carbonyl (C=O) groups excluding carboxylic acids is 1. The largest absolute Gasteiger partial charge is 0.376 e. The number of hydrogen-bond acceptors (Lipinski definition) is 4. The van der Waals surface area contributed by atoms with Crippen LogP contribution in [0.2, 0.25) is 0 Å². The normalized spacial score (nSPS) is 16.1. The van der Waals surface area contributed by atoms with Gasteiger partial charge < -0.3 is 10.1 Å². The number of nitrogens with zero attached hydrogens (tertiary/aromatic N) is 1. The number of carbonyl (C=O) groups is 1.